The van der Waals surface area contributed by atoms with Crippen LogP contribution in [0.25, 0.3) is 0 Å². The summed E-state index contributed by atoms with van der Waals surface area (Å²) in [6.45, 7) is -1.26. The highest BCUT2D eigenvalue weighted by Gasteiger charge is 2.53. The number of aromatic nitrogens is 1. The molecule has 0 saturated carbocycles. The Kier molecular flexibility index (Phi) is 6.33. The minimum absolute atomic E-state index is 0.0210. The van der Waals surface area contributed by atoms with Crippen LogP contribution in [0.5, 0.6) is 0 Å². The molecule has 2 heterocycles. The fourth-order valence-corrected chi connectivity index (χ4v) is 3.63. The van der Waals surface area contributed by atoms with Gasteiger partial charge in [-0.2, -0.15) is 13.2 Å². The number of hydrogen-bond acceptors (Lipinski definition) is 6. The van der Waals surface area contributed by atoms with Gasteiger partial charge in [0.2, 0.25) is 0 Å². The van der Waals surface area contributed by atoms with Crippen LogP contribution in [0.4, 0.5) is 23.2 Å². The van der Waals surface area contributed by atoms with Gasteiger partial charge in [-0.25, -0.2) is 9.18 Å². The monoisotopic (exact) mass is 521 g/mol. The molecule has 0 aliphatic carbocycles. The fourth-order valence-electron chi connectivity index (χ4n) is 3.29. The van der Waals surface area contributed by atoms with Crippen LogP contribution in [0.3, 0.4) is 0 Å². The number of carbonyl (C=O) groups excluding carboxylic acids is 2. The number of ether oxygens (including phenoxy) is 1. The van der Waals surface area contributed by atoms with Crippen LogP contribution in [0.2, 0.25) is 0 Å². The predicted molar refractivity (Wildman–Crippen MR) is 106 cm³/mol. The van der Waals surface area contributed by atoms with E-state index in [-0.39, 0.29) is 16.8 Å². The first-order valence-electron chi connectivity index (χ1n) is 9.04. The third-order valence-corrected chi connectivity index (χ3v) is 5.23. The molecule has 1 aliphatic heterocycles. The van der Waals surface area contributed by atoms with E-state index in [1.807, 2.05) is 0 Å². The molecule has 172 valence electrons. The van der Waals surface area contributed by atoms with Crippen molar-refractivity contribution in [3.05, 3.63) is 62.2 Å². The highest BCUT2D eigenvalue weighted by Crippen LogP contribution is 2.35. The van der Waals surface area contributed by atoms with Crippen molar-refractivity contribution < 1.29 is 37.0 Å². The van der Waals surface area contributed by atoms with Gasteiger partial charge in [0.15, 0.2) is 0 Å². The van der Waals surface area contributed by atoms with Crippen molar-refractivity contribution in [1.82, 2.24) is 9.47 Å². The van der Waals surface area contributed by atoms with E-state index in [1.54, 1.807) is 0 Å². The summed E-state index contributed by atoms with van der Waals surface area (Å²) in [6.07, 6.45) is -4.88. The largest absolute Gasteiger partial charge is 0.491 e. The van der Waals surface area contributed by atoms with Gasteiger partial charge in [0.1, 0.15) is 5.82 Å². The number of hydrogen-bond donors (Lipinski definition) is 2. The van der Waals surface area contributed by atoms with Gasteiger partial charge in [0, 0.05) is 30.3 Å². The van der Waals surface area contributed by atoms with Crippen molar-refractivity contribution in [2.75, 3.05) is 18.5 Å². The number of aliphatic hydroxyl groups is 1. The maximum absolute atomic E-state index is 14.5. The Morgan fingerprint density at radius 3 is 2.59 bits per heavy atom. The number of alkyl halides is 3. The number of anilines is 1. The molecule has 1 aromatic heterocycles. The molecule has 2 aromatic rings. The second-order valence-corrected chi connectivity index (χ2v) is 7.86. The zero-order valence-corrected chi connectivity index (χ0v) is 18.0. The van der Waals surface area contributed by atoms with Crippen LogP contribution in [0.15, 0.2) is 39.7 Å². The van der Waals surface area contributed by atoms with Crippen molar-refractivity contribution in [3.8, 4) is 0 Å². The molecule has 3 rings (SSSR count). The number of amides is 1. The van der Waals surface area contributed by atoms with Crippen molar-refractivity contribution in [2.45, 2.75) is 18.4 Å². The molecule has 32 heavy (non-hydrogen) atoms. The first-order valence-corrected chi connectivity index (χ1v) is 9.83. The summed E-state index contributed by atoms with van der Waals surface area (Å²) in [4.78, 5) is 37.7. The molecule has 1 amide bonds. The second kappa shape index (κ2) is 8.54. The maximum Gasteiger partial charge on any atom is 0.491 e. The molecule has 1 atom stereocenters. The van der Waals surface area contributed by atoms with Crippen molar-refractivity contribution >= 4 is 33.5 Å². The van der Waals surface area contributed by atoms with E-state index >= 15 is 0 Å². The summed E-state index contributed by atoms with van der Waals surface area (Å²) in [7, 11) is 1.37. The standard InChI is InChI=1S/C19H16BrF4N3O5/c1-26-9-12-10(6-15(26)29)8-18(27(4-5-28)16(12)30,32-17(31)19(22,23)24)25-14-3-2-11(20)7-13(14)21/h2-3,6-7,9,25,28H,4-5,8H2,1H3. The average molecular weight is 522 g/mol. The number of β-amino-alcohol motifs (C(OH)–C–C–N with tert-alkyl or cyclic N) is 1. The van der Waals surface area contributed by atoms with E-state index in [9.17, 15) is 37.1 Å². The zero-order valence-electron chi connectivity index (χ0n) is 16.4. The molecule has 1 unspecified atom stereocenters. The third kappa shape index (κ3) is 4.48. The van der Waals surface area contributed by atoms with E-state index in [2.05, 4.69) is 21.2 Å². The number of aliphatic hydroxyl groups excluding tert-OH is 1. The maximum atomic E-state index is 14.5. The summed E-state index contributed by atoms with van der Waals surface area (Å²) in [5.41, 5.74) is -1.02. The summed E-state index contributed by atoms with van der Waals surface area (Å²) in [5, 5.41) is 11.8. The van der Waals surface area contributed by atoms with Crippen molar-refractivity contribution in [2.24, 2.45) is 7.05 Å². The summed E-state index contributed by atoms with van der Waals surface area (Å²) < 4.78 is 59.9. The summed E-state index contributed by atoms with van der Waals surface area (Å²) >= 11 is 3.05. The molecule has 2 N–H and O–H groups in total. The number of nitrogens with zero attached hydrogens (tertiary/aromatic N) is 2. The Morgan fingerprint density at radius 2 is 2.00 bits per heavy atom. The SMILES string of the molecule is Cn1cc2c(cc1=O)CC(Nc1ccc(Br)cc1F)(OC(=O)C(F)(F)F)N(CCO)C2=O. The van der Waals surface area contributed by atoms with Gasteiger partial charge in [0.25, 0.3) is 17.3 Å². The number of benzene rings is 1. The normalized spacial score (nSPS) is 18.3. The lowest BCUT2D eigenvalue weighted by molar-refractivity contribution is -0.224. The Hall–Kier alpha value is -2.93. The van der Waals surface area contributed by atoms with E-state index < -0.39 is 54.9 Å². The number of esters is 1. The van der Waals surface area contributed by atoms with Crippen molar-refractivity contribution in [1.29, 1.82) is 0 Å². The minimum atomic E-state index is -5.44. The Balaban J connectivity index is 2.21. The second-order valence-electron chi connectivity index (χ2n) is 6.94. The molecule has 0 saturated heterocycles. The van der Waals surface area contributed by atoms with Gasteiger partial charge >= 0.3 is 12.1 Å². The first-order chi connectivity index (χ1) is 14.9. The van der Waals surface area contributed by atoms with Gasteiger partial charge in [0.05, 0.1) is 24.3 Å². The smallest absolute Gasteiger partial charge is 0.413 e. The minimum Gasteiger partial charge on any atom is -0.413 e. The Morgan fingerprint density at radius 1 is 1.31 bits per heavy atom. The summed E-state index contributed by atoms with van der Waals surface area (Å²) in [5.74, 6) is -7.09. The highest BCUT2D eigenvalue weighted by molar-refractivity contribution is 9.10. The third-order valence-electron chi connectivity index (χ3n) is 4.73. The fraction of sp³-hybridized carbons (Fsp3) is 0.316. The molecule has 0 bridgehead atoms. The number of pyridine rings is 1. The van der Waals surface area contributed by atoms with E-state index in [1.165, 1.54) is 19.3 Å². The van der Waals surface area contributed by atoms with Gasteiger partial charge in [-0.05, 0) is 23.8 Å². The number of rotatable bonds is 5. The van der Waals surface area contributed by atoms with Crippen LogP contribution in [0.1, 0.15) is 15.9 Å². The number of carbonyl (C=O) groups is 2. The molecule has 1 aromatic carbocycles. The van der Waals surface area contributed by atoms with E-state index in [0.717, 1.165) is 22.8 Å². The molecule has 0 spiro atoms. The molecule has 0 fully saturated rings. The van der Waals surface area contributed by atoms with Crippen LogP contribution in [-0.2, 0) is 23.0 Å². The quantitative estimate of drug-likeness (QED) is 0.355. The topological polar surface area (TPSA) is 101 Å². The van der Waals surface area contributed by atoms with E-state index in [0.29, 0.717) is 9.37 Å². The van der Waals surface area contributed by atoms with Crippen LogP contribution >= 0.6 is 15.9 Å². The van der Waals surface area contributed by atoms with Crippen molar-refractivity contribution in [3.63, 3.8) is 0 Å². The number of halogens is 5. The Labute approximate surface area is 186 Å². The molecular formula is C19H16BrF4N3O5. The van der Waals surface area contributed by atoms with Gasteiger partial charge in [-0.15, -0.1) is 0 Å². The van der Waals surface area contributed by atoms with Gasteiger partial charge in [-0.3, -0.25) is 14.5 Å². The molecular weight excluding hydrogens is 506 g/mol. The number of aryl methyl sites for hydroxylation is 1. The highest BCUT2D eigenvalue weighted by atomic mass is 79.9. The summed E-state index contributed by atoms with van der Waals surface area (Å²) in [6, 6.07) is 4.55. The molecule has 8 nitrogen and oxygen atoms in total. The van der Waals surface area contributed by atoms with Gasteiger partial charge in [-0.1, -0.05) is 15.9 Å². The van der Waals surface area contributed by atoms with E-state index in [4.69, 9.17) is 4.74 Å². The lowest BCUT2D eigenvalue weighted by atomic mass is 9.95. The van der Waals surface area contributed by atoms with Crippen LogP contribution in [-0.4, -0.2) is 51.6 Å². The van der Waals surface area contributed by atoms with Crippen LogP contribution < -0.4 is 10.9 Å². The first kappa shape index (κ1) is 23.7. The number of fused-ring (bicyclic) bond motifs is 1. The molecule has 0 radical (unpaired) electrons. The number of nitrogens with one attached hydrogen (secondary N) is 1. The predicted octanol–water partition coefficient (Wildman–Crippen LogP) is 2.15. The molecule has 13 heteroatoms. The van der Waals surface area contributed by atoms with Crippen LogP contribution in [0, 0.1) is 5.82 Å². The lowest BCUT2D eigenvalue weighted by Gasteiger charge is -2.46. The average Bonchev–Trinajstić information content (AvgIpc) is 2.68. The lowest BCUT2D eigenvalue weighted by Crippen LogP contribution is -2.65. The van der Waals surface area contributed by atoms with Gasteiger partial charge < -0.3 is 19.7 Å². The zero-order chi connectivity index (χ0) is 23.8. The molecule has 1 aliphatic rings. The Bertz CT molecular complexity index is 1140.